The van der Waals surface area contributed by atoms with E-state index in [2.05, 4.69) is 5.32 Å². The second-order valence-electron chi connectivity index (χ2n) is 5.97. The van der Waals surface area contributed by atoms with E-state index in [0.29, 0.717) is 11.3 Å². The van der Waals surface area contributed by atoms with E-state index >= 15 is 0 Å². The minimum Gasteiger partial charge on any atom is -0.483 e. The molecule has 0 aliphatic heterocycles. The van der Waals surface area contributed by atoms with Crippen LogP contribution in [0.4, 0.5) is 5.69 Å². The first kappa shape index (κ1) is 16.7. The van der Waals surface area contributed by atoms with Crippen LogP contribution in [-0.4, -0.2) is 18.8 Å². The molecule has 126 valence electrons. The Morgan fingerprint density at radius 1 is 1.08 bits per heavy atom. The van der Waals surface area contributed by atoms with Crippen molar-refractivity contribution in [1.29, 1.82) is 0 Å². The van der Waals surface area contributed by atoms with Gasteiger partial charge in [-0.25, -0.2) is 0 Å². The Morgan fingerprint density at radius 3 is 2.68 bits per heavy atom. The zero-order valence-corrected chi connectivity index (χ0v) is 14.2. The average molecular weight is 333 g/mol. The molecule has 3 rings (SSSR count). The topological polar surface area (TPSA) is 55.4 Å². The maximum Gasteiger partial charge on any atom is 0.262 e. The van der Waals surface area contributed by atoms with Crippen LogP contribution in [0.25, 0.3) is 10.8 Å². The first-order chi connectivity index (χ1) is 12.1. The van der Waals surface area contributed by atoms with Crippen LogP contribution >= 0.6 is 0 Å². The van der Waals surface area contributed by atoms with Gasteiger partial charge in [0.15, 0.2) is 12.9 Å². The highest BCUT2D eigenvalue weighted by atomic mass is 16.5. The van der Waals surface area contributed by atoms with Crippen molar-refractivity contribution in [2.45, 2.75) is 13.8 Å². The molecule has 0 radical (unpaired) electrons. The van der Waals surface area contributed by atoms with E-state index in [1.54, 1.807) is 6.07 Å². The van der Waals surface area contributed by atoms with Crippen LogP contribution in [0.5, 0.6) is 5.75 Å². The molecule has 1 amide bonds. The first-order valence-corrected chi connectivity index (χ1v) is 8.05. The highest BCUT2D eigenvalue weighted by molar-refractivity contribution is 6.01. The Morgan fingerprint density at radius 2 is 1.88 bits per heavy atom. The number of benzene rings is 3. The van der Waals surface area contributed by atoms with Crippen LogP contribution in [0, 0.1) is 13.8 Å². The van der Waals surface area contributed by atoms with Crippen LogP contribution in [0.15, 0.2) is 54.6 Å². The van der Waals surface area contributed by atoms with E-state index in [4.69, 9.17) is 4.74 Å². The van der Waals surface area contributed by atoms with Crippen molar-refractivity contribution in [3.8, 4) is 5.75 Å². The fourth-order valence-corrected chi connectivity index (χ4v) is 2.72. The second kappa shape index (κ2) is 7.18. The molecule has 0 aliphatic rings. The van der Waals surface area contributed by atoms with Crippen LogP contribution in [-0.2, 0) is 4.79 Å². The second-order valence-corrected chi connectivity index (χ2v) is 5.97. The third kappa shape index (κ3) is 3.69. The van der Waals surface area contributed by atoms with E-state index in [0.717, 1.165) is 33.9 Å². The number of aryl methyl sites for hydroxylation is 2. The molecule has 0 aromatic heterocycles. The summed E-state index contributed by atoms with van der Waals surface area (Å²) in [6.45, 7) is 3.74. The molecule has 3 aromatic rings. The van der Waals surface area contributed by atoms with E-state index in [-0.39, 0.29) is 12.5 Å². The number of nitrogens with one attached hydrogen (secondary N) is 1. The molecule has 0 unspecified atom stereocenters. The van der Waals surface area contributed by atoms with Gasteiger partial charge in [-0.15, -0.1) is 0 Å². The minimum atomic E-state index is -0.265. The number of rotatable bonds is 5. The zero-order valence-electron chi connectivity index (χ0n) is 14.2. The van der Waals surface area contributed by atoms with Crippen LogP contribution in [0.1, 0.15) is 21.5 Å². The number of carbonyl (C=O) groups excluding carboxylic acids is 2. The lowest BCUT2D eigenvalue weighted by atomic mass is 10.0. The molecule has 0 spiro atoms. The molecule has 0 heterocycles. The molecule has 4 nitrogen and oxygen atoms in total. The van der Waals surface area contributed by atoms with Crippen molar-refractivity contribution in [3.63, 3.8) is 0 Å². The van der Waals surface area contributed by atoms with E-state index in [1.165, 1.54) is 0 Å². The number of carbonyl (C=O) groups is 2. The predicted octanol–water partition coefficient (Wildman–Crippen LogP) is 4.29. The molecule has 0 fully saturated rings. The van der Waals surface area contributed by atoms with Crippen molar-refractivity contribution >= 4 is 28.7 Å². The molecule has 25 heavy (non-hydrogen) atoms. The summed E-state index contributed by atoms with van der Waals surface area (Å²) in [7, 11) is 0. The number of fused-ring (bicyclic) bond motifs is 1. The first-order valence-electron chi connectivity index (χ1n) is 8.05. The van der Waals surface area contributed by atoms with Gasteiger partial charge in [-0.2, -0.15) is 0 Å². The minimum absolute atomic E-state index is 0.160. The van der Waals surface area contributed by atoms with Gasteiger partial charge in [0.1, 0.15) is 5.75 Å². The van der Waals surface area contributed by atoms with E-state index < -0.39 is 0 Å². The summed E-state index contributed by atoms with van der Waals surface area (Å²) in [5.41, 5.74) is 3.28. The summed E-state index contributed by atoms with van der Waals surface area (Å²) in [4.78, 5) is 23.7. The molecule has 3 aromatic carbocycles. The molecule has 1 N–H and O–H groups in total. The Bertz CT molecular complexity index is 947. The van der Waals surface area contributed by atoms with Gasteiger partial charge in [-0.05, 0) is 47.9 Å². The van der Waals surface area contributed by atoms with E-state index in [1.807, 2.05) is 62.4 Å². The Balaban J connectivity index is 1.75. The Kier molecular flexibility index (Phi) is 4.80. The third-order valence-electron chi connectivity index (χ3n) is 4.07. The van der Waals surface area contributed by atoms with Gasteiger partial charge < -0.3 is 10.1 Å². The van der Waals surface area contributed by atoms with Crippen molar-refractivity contribution in [2.24, 2.45) is 0 Å². The van der Waals surface area contributed by atoms with E-state index in [9.17, 15) is 9.59 Å². The fraction of sp³-hybridized carbons (Fsp3) is 0.143. The largest absolute Gasteiger partial charge is 0.483 e. The summed E-state index contributed by atoms with van der Waals surface area (Å²) in [6, 6.07) is 17.0. The molecular formula is C21H19NO3. The molecule has 0 saturated heterocycles. The lowest BCUT2D eigenvalue weighted by Crippen LogP contribution is -2.21. The summed E-state index contributed by atoms with van der Waals surface area (Å²) in [5, 5.41) is 4.61. The van der Waals surface area contributed by atoms with Gasteiger partial charge in [0.05, 0.1) is 5.56 Å². The van der Waals surface area contributed by atoms with Gasteiger partial charge in [0, 0.05) is 5.69 Å². The molecule has 0 aliphatic carbocycles. The van der Waals surface area contributed by atoms with Crippen LogP contribution in [0.2, 0.25) is 0 Å². The van der Waals surface area contributed by atoms with Gasteiger partial charge in [-0.1, -0.05) is 42.5 Å². The highest BCUT2D eigenvalue weighted by Crippen LogP contribution is 2.26. The molecule has 0 saturated carbocycles. The SMILES string of the molecule is Cc1ccc(C)c(NC(=O)COc2ccc3ccccc3c2C=O)c1. The quantitative estimate of drug-likeness (QED) is 0.709. The van der Waals surface area contributed by atoms with Gasteiger partial charge in [0.25, 0.3) is 5.91 Å². The maximum absolute atomic E-state index is 12.2. The van der Waals surface area contributed by atoms with Crippen molar-refractivity contribution in [3.05, 3.63) is 71.3 Å². The molecule has 0 atom stereocenters. The van der Waals surface area contributed by atoms with Gasteiger partial charge in [0.2, 0.25) is 0 Å². The number of hydrogen-bond acceptors (Lipinski definition) is 3. The normalized spacial score (nSPS) is 10.5. The number of amides is 1. The standard InChI is InChI=1S/C21H19NO3/c1-14-7-8-15(2)19(11-14)22-21(24)13-25-20-10-9-16-5-3-4-6-17(16)18(20)12-23/h3-12H,13H2,1-2H3,(H,22,24). The average Bonchev–Trinajstić information content (AvgIpc) is 2.62. The monoisotopic (exact) mass is 333 g/mol. The summed E-state index contributed by atoms with van der Waals surface area (Å²) < 4.78 is 5.60. The molecule has 0 bridgehead atoms. The van der Waals surface area contributed by atoms with Gasteiger partial charge in [-0.3, -0.25) is 9.59 Å². The van der Waals surface area contributed by atoms with Crippen molar-refractivity contribution in [2.75, 3.05) is 11.9 Å². The van der Waals surface area contributed by atoms with Crippen LogP contribution in [0.3, 0.4) is 0 Å². The summed E-state index contributed by atoms with van der Waals surface area (Å²) in [6.07, 6.45) is 0.764. The molecule has 4 heteroatoms. The molecular weight excluding hydrogens is 314 g/mol. The Hall–Kier alpha value is -3.14. The lowest BCUT2D eigenvalue weighted by molar-refractivity contribution is -0.118. The highest BCUT2D eigenvalue weighted by Gasteiger charge is 2.11. The third-order valence-corrected chi connectivity index (χ3v) is 4.07. The van der Waals surface area contributed by atoms with Crippen LogP contribution < -0.4 is 10.1 Å². The number of aldehydes is 1. The van der Waals surface area contributed by atoms with Gasteiger partial charge >= 0.3 is 0 Å². The Labute approximate surface area is 146 Å². The number of anilines is 1. The lowest BCUT2D eigenvalue weighted by Gasteiger charge is -2.12. The number of hydrogen-bond donors (Lipinski definition) is 1. The van der Waals surface area contributed by atoms with Crippen molar-refractivity contribution in [1.82, 2.24) is 0 Å². The maximum atomic E-state index is 12.2. The van der Waals surface area contributed by atoms with Crippen molar-refractivity contribution < 1.29 is 14.3 Å². The summed E-state index contributed by atoms with van der Waals surface area (Å²) >= 11 is 0. The smallest absolute Gasteiger partial charge is 0.262 e. The number of ether oxygens (including phenoxy) is 1. The predicted molar refractivity (Wildman–Crippen MR) is 99.4 cm³/mol. The fourth-order valence-electron chi connectivity index (χ4n) is 2.72. The zero-order chi connectivity index (χ0) is 17.8. The summed E-state index contributed by atoms with van der Waals surface area (Å²) in [5.74, 6) is 0.142.